The summed E-state index contributed by atoms with van der Waals surface area (Å²) in [4.78, 5) is 13.8. The fourth-order valence-electron chi connectivity index (χ4n) is 5.25. The van der Waals surface area contributed by atoms with Crippen LogP contribution < -0.4 is 18.9 Å². The minimum absolute atomic E-state index is 0.0538. The molecule has 0 bridgehead atoms. The van der Waals surface area contributed by atoms with Crippen LogP contribution in [-0.4, -0.2) is 49.5 Å². The lowest BCUT2D eigenvalue weighted by Crippen LogP contribution is -2.43. The van der Waals surface area contributed by atoms with Gasteiger partial charge in [-0.2, -0.15) is 0 Å². The van der Waals surface area contributed by atoms with Crippen LogP contribution in [0.1, 0.15) is 61.0 Å². The van der Waals surface area contributed by atoms with Crippen molar-refractivity contribution >= 4 is 5.78 Å². The lowest BCUT2D eigenvalue weighted by molar-refractivity contribution is 0.0530. The van der Waals surface area contributed by atoms with Crippen LogP contribution >= 0.6 is 0 Å². The van der Waals surface area contributed by atoms with Gasteiger partial charge in [-0.05, 0) is 42.4 Å². The van der Waals surface area contributed by atoms with E-state index in [2.05, 4.69) is 20.8 Å². The van der Waals surface area contributed by atoms with Crippen molar-refractivity contribution in [2.45, 2.75) is 52.1 Å². The second-order valence-electron chi connectivity index (χ2n) is 9.47. The number of rotatable bonds is 8. The molecule has 0 radical (unpaired) electrons. The van der Waals surface area contributed by atoms with Crippen molar-refractivity contribution in [3.8, 4) is 28.7 Å². The predicted octanol–water partition coefficient (Wildman–Crippen LogP) is 4.51. The number of aromatic hydroxyl groups is 1. The molecule has 2 aliphatic rings. The number of phenols is 1. The third-order valence-electron chi connectivity index (χ3n) is 7.78. The Hall–Kier alpha value is -2.93. The summed E-state index contributed by atoms with van der Waals surface area (Å²) in [5.74, 6) is 1.64. The number of carbonyl (C=O) groups is 1. The molecule has 2 heterocycles. The molecule has 4 atom stereocenters. The zero-order valence-corrected chi connectivity index (χ0v) is 20.5. The highest BCUT2D eigenvalue weighted by Crippen LogP contribution is 2.49. The van der Waals surface area contributed by atoms with E-state index in [4.69, 9.17) is 18.9 Å². The Morgan fingerprint density at radius 1 is 1.18 bits per heavy atom. The Morgan fingerprint density at radius 3 is 2.50 bits per heavy atom. The van der Waals surface area contributed by atoms with Gasteiger partial charge in [0.2, 0.25) is 0 Å². The molecule has 2 aromatic rings. The van der Waals surface area contributed by atoms with Gasteiger partial charge in [-0.1, -0.05) is 27.2 Å². The summed E-state index contributed by atoms with van der Waals surface area (Å²) < 4.78 is 23.2. The number of phenolic OH excluding ortho intramolecular Hbond substituents is 1. The first-order valence-electron chi connectivity index (χ1n) is 11.9. The van der Waals surface area contributed by atoms with E-state index in [0.717, 1.165) is 12.8 Å². The molecule has 0 amide bonds. The van der Waals surface area contributed by atoms with E-state index >= 15 is 0 Å². The van der Waals surface area contributed by atoms with E-state index < -0.39 is 12.0 Å². The van der Waals surface area contributed by atoms with Crippen molar-refractivity contribution in [2.75, 3.05) is 27.4 Å². The third kappa shape index (κ3) is 3.86. The zero-order valence-electron chi connectivity index (χ0n) is 20.5. The smallest absolute Gasteiger partial charge is 0.178 e. The Morgan fingerprint density at radius 2 is 1.88 bits per heavy atom. The van der Waals surface area contributed by atoms with E-state index in [1.165, 1.54) is 0 Å². The summed E-state index contributed by atoms with van der Waals surface area (Å²) in [6.07, 6.45) is 1.61. The molecule has 4 rings (SSSR count). The summed E-state index contributed by atoms with van der Waals surface area (Å²) >= 11 is 0. The number of aliphatic hydroxyl groups excluding tert-OH is 1. The molecular formula is C27H34O7. The molecule has 0 aliphatic carbocycles. The number of hydrogen-bond donors (Lipinski definition) is 2. The molecule has 2 N–H and O–H groups in total. The van der Waals surface area contributed by atoms with E-state index in [1.807, 2.05) is 0 Å². The van der Waals surface area contributed by atoms with Crippen LogP contribution in [0, 0.1) is 11.3 Å². The van der Waals surface area contributed by atoms with Gasteiger partial charge in [-0.15, -0.1) is 0 Å². The number of aliphatic hydroxyl groups is 1. The van der Waals surface area contributed by atoms with Crippen molar-refractivity contribution in [3.05, 3.63) is 41.0 Å². The summed E-state index contributed by atoms with van der Waals surface area (Å²) in [7, 11) is 3.11. The van der Waals surface area contributed by atoms with Crippen LogP contribution in [0.25, 0.3) is 0 Å². The molecule has 0 spiro atoms. The highest BCUT2D eigenvalue weighted by Gasteiger charge is 2.45. The Kier molecular flexibility index (Phi) is 6.67. The van der Waals surface area contributed by atoms with Gasteiger partial charge in [0.1, 0.15) is 30.0 Å². The largest absolute Gasteiger partial charge is 0.508 e. The van der Waals surface area contributed by atoms with Crippen LogP contribution in [0.15, 0.2) is 24.3 Å². The van der Waals surface area contributed by atoms with Gasteiger partial charge in [0.25, 0.3) is 0 Å². The van der Waals surface area contributed by atoms with Gasteiger partial charge in [-0.25, -0.2) is 0 Å². The molecule has 34 heavy (non-hydrogen) atoms. The minimum Gasteiger partial charge on any atom is -0.508 e. The van der Waals surface area contributed by atoms with Crippen molar-refractivity contribution < 1.29 is 34.0 Å². The van der Waals surface area contributed by atoms with Gasteiger partial charge in [0, 0.05) is 23.8 Å². The Balaban J connectivity index is 1.76. The zero-order chi connectivity index (χ0) is 24.6. The van der Waals surface area contributed by atoms with Crippen LogP contribution in [0.5, 0.6) is 28.7 Å². The lowest BCUT2D eigenvalue weighted by atomic mass is 9.71. The Labute approximate surface area is 200 Å². The van der Waals surface area contributed by atoms with Gasteiger partial charge < -0.3 is 29.2 Å². The van der Waals surface area contributed by atoms with E-state index in [1.54, 1.807) is 38.5 Å². The first-order valence-corrected chi connectivity index (χ1v) is 11.9. The molecule has 7 heteroatoms. The fraction of sp³-hybridized carbons (Fsp3) is 0.519. The minimum atomic E-state index is -0.547. The quantitative estimate of drug-likeness (QED) is 0.586. The molecule has 2 aliphatic heterocycles. The number of hydrogen-bond acceptors (Lipinski definition) is 7. The maximum absolute atomic E-state index is 13.8. The first-order chi connectivity index (χ1) is 16.3. The molecule has 7 nitrogen and oxygen atoms in total. The number of carbonyl (C=O) groups excluding carboxylic acids is 1. The second kappa shape index (κ2) is 9.37. The highest BCUT2D eigenvalue weighted by molar-refractivity contribution is 6.05. The monoisotopic (exact) mass is 470 g/mol. The van der Waals surface area contributed by atoms with Gasteiger partial charge in [0.05, 0.1) is 25.7 Å². The molecule has 0 saturated carbocycles. The van der Waals surface area contributed by atoms with Gasteiger partial charge in [0.15, 0.2) is 17.3 Å². The number of methoxy groups -OCH3 is 2. The summed E-state index contributed by atoms with van der Waals surface area (Å²) in [6, 6.07) is 6.72. The average Bonchev–Trinajstić information content (AvgIpc) is 2.86. The predicted molar refractivity (Wildman–Crippen MR) is 128 cm³/mol. The number of fused-ring (bicyclic) bond motifs is 4. The first kappa shape index (κ1) is 24.2. The number of ketones is 1. The lowest BCUT2D eigenvalue weighted by Gasteiger charge is -2.39. The SMILES string of the molecule is CCC(Cc1c(O)ccc2c1OC1COc3cc(OC)c(OC)cc3C1C2=O)C(C)(CC)CO. The number of Topliss-reactive ketones (excluding diaryl/α,β-unsaturated/α-hetero) is 1. The van der Waals surface area contributed by atoms with Crippen molar-refractivity contribution in [2.24, 2.45) is 11.3 Å². The molecular weight excluding hydrogens is 436 g/mol. The Bertz CT molecular complexity index is 1070. The summed E-state index contributed by atoms with van der Waals surface area (Å²) in [5.41, 5.74) is 1.47. The second-order valence-corrected chi connectivity index (χ2v) is 9.47. The number of ether oxygens (including phenoxy) is 4. The molecule has 4 unspecified atom stereocenters. The maximum atomic E-state index is 13.8. The molecule has 0 aromatic heterocycles. The normalized spacial score (nSPS) is 21.2. The molecule has 0 saturated heterocycles. The highest BCUT2D eigenvalue weighted by atomic mass is 16.5. The molecule has 184 valence electrons. The van der Waals surface area contributed by atoms with Crippen LogP contribution in [0.4, 0.5) is 0 Å². The van der Waals surface area contributed by atoms with Crippen LogP contribution in [0.2, 0.25) is 0 Å². The van der Waals surface area contributed by atoms with E-state index in [0.29, 0.717) is 46.1 Å². The van der Waals surface area contributed by atoms with Crippen molar-refractivity contribution in [1.82, 2.24) is 0 Å². The molecule has 0 fully saturated rings. The average molecular weight is 471 g/mol. The fourth-order valence-corrected chi connectivity index (χ4v) is 5.25. The topological polar surface area (TPSA) is 94.5 Å². The van der Waals surface area contributed by atoms with Gasteiger partial charge in [-0.3, -0.25) is 4.79 Å². The molecule has 2 aromatic carbocycles. The van der Waals surface area contributed by atoms with E-state index in [9.17, 15) is 15.0 Å². The summed E-state index contributed by atoms with van der Waals surface area (Å²) in [5, 5.41) is 20.8. The van der Waals surface area contributed by atoms with Gasteiger partial charge >= 0.3 is 0 Å². The standard InChI is InChI=1S/C27H34O7/c1-6-15(27(3,7-2)14-28)10-17-19(29)9-8-16-25(30)24-18-11-21(31-4)22(32-5)12-20(18)33-13-23(24)34-26(16)17/h8-9,11-12,15,23-24,28-29H,6-7,10,13-14H2,1-5H3. The summed E-state index contributed by atoms with van der Waals surface area (Å²) in [6.45, 7) is 6.45. The maximum Gasteiger partial charge on any atom is 0.178 e. The van der Waals surface area contributed by atoms with Crippen LogP contribution in [0.3, 0.4) is 0 Å². The van der Waals surface area contributed by atoms with E-state index in [-0.39, 0.29) is 36.1 Å². The van der Waals surface area contributed by atoms with Crippen molar-refractivity contribution in [1.29, 1.82) is 0 Å². The third-order valence-corrected chi connectivity index (χ3v) is 7.78. The van der Waals surface area contributed by atoms with Crippen LogP contribution in [-0.2, 0) is 6.42 Å². The van der Waals surface area contributed by atoms with Crippen molar-refractivity contribution in [3.63, 3.8) is 0 Å². The number of benzene rings is 2.